The molecule has 2 aromatic carbocycles. The number of anilines is 1. The number of ketones is 1. The van der Waals surface area contributed by atoms with Gasteiger partial charge in [-0.25, -0.2) is 8.42 Å². The smallest absolute Gasteiger partial charge is 0.264 e. The second-order valence-electron chi connectivity index (χ2n) is 6.65. The van der Waals surface area contributed by atoms with Gasteiger partial charge in [-0.2, -0.15) is 0 Å². The topological polar surface area (TPSA) is 80.5 Å². The van der Waals surface area contributed by atoms with Crippen molar-refractivity contribution in [2.45, 2.75) is 23.7 Å². The van der Waals surface area contributed by atoms with E-state index in [9.17, 15) is 13.2 Å². The van der Waals surface area contributed by atoms with E-state index in [0.717, 1.165) is 17.1 Å². The fraction of sp³-hybridized carbons (Fsp3) is 0.200. The normalized spacial score (nSPS) is 14.1. The highest BCUT2D eigenvalue weighted by atomic mass is 35.5. The fourth-order valence-corrected chi connectivity index (χ4v) is 4.44. The van der Waals surface area contributed by atoms with Crippen LogP contribution in [-0.2, 0) is 10.0 Å². The molecule has 1 aromatic heterocycles. The predicted molar refractivity (Wildman–Crippen MR) is 105 cm³/mol. The highest BCUT2D eigenvalue weighted by molar-refractivity contribution is 7.92. The van der Waals surface area contributed by atoms with Crippen molar-refractivity contribution >= 4 is 33.1 Å². The molecule has 1 aliphatic carbocycles. The lowest BCUT2D eigenvalue weighted by atomic mass is 10.0. The van der Waals surface area contributed by atoms with E-state index in [2.05, 4.69) is 5.16 Å². The van der Waals surface area contributed by atoms with Crippen LogP contribution >= 0.6 is 11.6 Å². The maximum atomic E-state index is 13.2. The molecule has 4 rings (SSSR count). The van der Waals surface area contributed by atoms with Crippen LogP contribution in [0.1, 0.15) is 40.4 Å². The van der Waals surface area contributed by atoms with Gasteiger partial charge >= 0.3 is 0 Å². The Morgan fingerprint density at radius 3 is 2.54 bits per heavy atom. The molecule has 144 valence electrons. The average Bonchev–Trinajstić information content (AvgIpc) is 3.43. The van der Waals surface area contributed by atoms with Crippen LogP contribution in [-0.4, -0.2) is 26.4 Å². The molecular formula is C20H17ClN2O4S. The van der Waals surface area contributed by atoms with E-state index in [4.69, 9.17) is 16.1 Å². The minimum absolute atomic E-state index is 0.125. The van der Waals surface area contributed by atoms with Crippen LogP contribution in [0.4, 0.5) is 5.69 Å². The highest BCUT2D eigenvalue weighted by Gasteiger charge is 2.34. The first-order valence-corrected chi connectivity index (χ1v) is 10.5. The third-order valence-corrected chi connectivity index (χ3v) is 6.76. The summed E-state index contributed by atoms with van der Waals surface area (Å²) in [6.45, 7) is 0. The van der Waals surface area contributed by atoms with Crippen LogP contribution in [0.25, 0.3) is 0 Å². The minimum Gasteiger partial charge on any atom is -0.360 e. The number of nitrogens with zero attached hydrogens (tertiary/aromatic N) is 2. The Morgan fingerprint density at radius 2 is 1.86 bits per heavy atom. The first-order chi connectivity index (χ1) is 13.4. The van der Waals surface area contributed by atoms with Crippen molar-refractivity contribution in [1.29, 1.82) is 0 Å². The summed E-state index contributed by atoms with van der Waals surface area (Å²) in [6, 6.07) is 12.6. The zero-order valence-electron chi connectivity index (χ0n) is 15.0. The van der Waals surface area contributed by atoms with E-state index in [1.807, 2.05) is 0 Å². The van der Waals surface area contributed by atoms with Crippen molar-refractivity contribution in [2.24, 2.45) is 0 Å². The first kappa shape index (κ1) is 18.7. The molecular weight excluding hydrogens is 400 g/mol. The minimum atomic E-state index is -3.86. The molecule has 0 spiro atoms. The lowest BCUT2D eigenvalue weighted by molar-refractivity contribution is 0.103. The molecule has 0 N–H and O–H groups in total. The van der Waals surface area contributed by atoms with E-state index < -0.39 is 10.0 Å². The molecule has 0 unspecified atom stereocenters. The summed E-state index contributed by atoms with van der Waals surface area (Å²) < 4.78 is 32.4. The second kappa shape index (κ2) is 7.07. The molecule has 0 amide bonds. The van der Waals surface area contributed by atoms with Gasteiger partial charge < -0.3 is 4.52 Å². The third-order valence-electron chi connectivity index (χ3n) is 4.74. The molecule has 0 atom stereocenters. The Bertz CT molecular complexity index is 1140. The number of benzene rings is 2. The van der Waals surface area contributed by atoms with E-state index in [1.165, 1.54) is 37.5 Å². The number of hydrogen-bond donors (Lipinski definition) is 0. The number of carbonyl (C=O) groups excluding carboxylic acids is 1. The quantitative estimate of drug-likeness (QED) is 0.561. The average molecular weight is 417 g/mol. The van der Waals surface area contributed by atoms with E-state index in [0.29, 0.717) is 16.3 Å². The van der Waals surface area contributed by atoms with Crippen molar-refractivity contribution in [3.63, 3.8) is 0 Å². The summed E-state index contributed by atoms with van der Waals surface area (Å²) in [7, 11) is -2.46. The van der Waals surface area contributed by atoms with Crippen LogP contribution in [0.15, 0.2) is 64.1 Å². The fourth-order valence-electron chi connectivity index (χ4n) is 3.04. The molecule has 1 aliphatic rings. The number of sulfonamides is 1. The Labute approximate surface area is 167 Å². The number of aromatic nitrogens is 1. The predicted octanol–water partition coefficient (Wildman–Crippen LogP) is 4.26. The molecule has 0 saturated heterocycles. The van der Waals surface area contributed by atoms with Crippen molar-refractivity contribution in [3.8, 4) is 0 Å². The zero-order valence-corrected chi connectivity index (χ0v) is 16.6. The van der Waals surface area contributed by atoms with Crippen molar-refractivity contribution in [1.82, 2.24) is 5.16 Å². The Balaban J connectivity index is 1.79. The van der Waals surface area contributed by atoms with Gasteiger partial charge in [0, 0.05) is 23.6 Å². The molecule has 6 nitrogen and oxygen atoms in total. The molecule has 8 heteroatoms. The van der Waals surface area contributed by atoms with Crippen LogP contribution in [0.3, 0.4) is 0 Å². The standard InChI is InChI=1S/C20H17ClN2O4S/c1-23(28(25,26)15-5-3-2-4-6-15)18-11-14(21)9-10-16(18)19(24)17-12-22-27-20(17)13-7-8-13/h2-6,9-13H,7-8H2,1H3. The summed E-state index contributed by atoms with van der Waals surface area (Å²) in [6.07, 6.45) is 3.29. The Morgan fingerprint density at radius 1 is 1.14 bits per heavy atom. The lowest BCUT2D eigenvalue weighted by Crippen LogP contribution is -2.28. The Kier molecular flexibility index (Phi) is 4.72. The summed E-state index contributed by atoms with van der Waals surface area (Å²) in [5.74, 6) is 0.410. The highest BCUT2D eigenvalue weighted by Crippen LogP contribution is 2.42. The molecule has 1 fully saturated rings. The summed E-state index contributed by atoms with van der Waals surface area (Å²) >= 11 is 6.11. The first-order valence-electron chi connectivity index (χ1n) is 8.72. The van der Waals surface area contributed by atoms with Gasteiger partial charge in [0.2, 0.25) is 0 Å². The van der Waals surface area contributed by atoms with Gasteiger partial charge in [0.15, 0.2) is 11.5 Å². The van der Waals surface area contributed by atoms with Crippen molar-refractivity contribution < 1.29 is 17.7 Å². The summed E-state index contributed by atoms with van der Waals surface area (Å²) in [5, 5.41) is 4.09. The van der Waals surface area contributed by atoms with Gasteiger partial charge in [-0.3, -0.25) is 9.10 Å². The van der Waals surface area contributed by atoms with Crippen LogP contribution in [0, 0.1) is 0 Å². The summed E-state index contributed by atoms with van der Waals surface area (Å²) in [4.78, 5) is 13.3. The van der Waals surface area contributed by atoms with Crippen LogP contribution < -0.4 is 4.31 Å². The Hall–Kier alpha value is -2.64. The van der Waals surface area contributed by atoms with Gasteiger partial charge in [-0.05, 0) is 43.2 Å². The third kappa shape index (κ3) is 3.31. The van der Waals surface area contributed by atoms with E-state index >= 15 is 0 Å². The molecule has 3 aromatic rings. The summed E-state index contributed by atoms with van der Waals surface area (Å²) in [5.41, 5.74) is 0.775. The van der Waals surface area contributed by atoms with Gasteiger partial charge in [-0.15, -0.1) is 0 Å². The van der Waals surface area contributed by atoms with E-state index in [-0.39, 0.29) is 27.8 Å². The number of hydrogen-bond acceptors (Lipinski definition) is 5. The van der Waals surface area contributed by atoms with E-state index in [1.54, 1.807) is 24.3 Å². The van der Waals surface area contributed by atoms with Crippen molar-refractivity contribution in [2.75, 3.05) is 11.4 Å². The van der Waals surface area contributed by atoms with Crippen LogP contribution in [0.5, 0.6) is 0 Å². The van der Waals surface area contributed by atoms with Gasteiger partial charge in [0.05, 0.1) is 22.3 Å². The second-order valence-corrected chi connectivity index (χ2v) is 9.06. The number of carbonyl (C=O) groups is 1. The molecule has 0 aliphatic heterocycles. The molecule has 1 heterocycles. The van der Waals surface area contributed by atoms with Gasteiger partial charge in [0.25, 0.3) is 10.0 Å². The maximum Gasteiger partial charge on any atom is 0.264 e. The van der Waals surface area contributed by atoms with Gasteiger partial charge in [-0.1, -0.05) is 35.0 Å². The molecule has 0 bridgehead atoms. The monoisotopic (exact) mass is 416 g/mol. The lowest BCUT2D eigenvalue weighted by Gasteiger charge is -2.22. The molecule has 1 saturated carbocycles. The number of rotatable bonds is 6. The maximum absolute atomic E-state index is 13.2. The SMILES string of the molecule is CN(c1cc(Cl)ccc1C(=O)c1cnoc1C1CC1)S(=O)(=O)c1ccccc1. The van der Waals surface area contributed by atoms with Crippen molar-refractivity contribution in [3.05, 3.63) is 76.6 Å². The molecule has 0 radical (unpaired) electrons. The van der Waals surface area contributed by atoms with Crippen LogP contribution in [0.2, 0.25) is 5.02 Å². The largest absolute Gasteiger partial charge is 0.360 e. The zero-order chi connectivity index (χ0) is 19.9. The van der Waals surface area contributed by atoms with Gasteiger partial charge in [0.1, 0.15) is 0 Å². The molecule has 28 heavy (non-hydrogen) atoms. The number of halogens is 1.